The second-order valence-electron chi connectivity index (χ2n) is 5.15. The number of hydrogen-bond acceptors (Lipinski definition) is 5. The summed E-state index contributed by atoms with van der Waals surface area (Å²) in [5.74, 6) is -1.15. The van der Waals surface area contributed by atoms with Crippen LogP contribution in [0.3, 0.4) is 0 Å². The van der Waals surface area contributed by atoms with Crippen molar-refractivity contribution in [2.75, 3.05) is 18.0 Å². The van der Waals surface area contributed by atoms with E-state index in [4.69, 9.17) is 27.9 Å². The largest absolute Gasteiger partial charge is 0.442 e. The number of hydrogen-bond donors (Lipinski definition) is 1. The van der Waals surface area contributed by atoms with Crippen LogP contribution in [0.2, 0.25) is 0 Å². The number of amides is 2. The monoisotopic (exact) mass is 387 g/mol. The minimum Gasteiger partial charge on any atom is -0.442 e. The molecule has 25 heavy (non-hydrogen) atoms. The van der Waals surface area contributed by atoms with Crippen LogP contribution in [0.4, 0.5) is 14.9 Å². The summed E-state index contributed by atoms with van der Waals surface area (Å²) in [4.78, 5) is 23.4. The third-order valence-corrected chi connectivity index (χ3v) is 3.88. The maximum Gasteiger partial charge on any atom is 0.414 e. The van der Waals surface area contributed by atoms with Gasteiger partial charge in [0.05, 0.1) is 31.2 Å². The molecule has 1 aromatic carbocycles. The molecule has 2 amide bonds. The lowest BCUT2D eigenvalue weighted by Crippen LogP contribution is -2.37. The van der Waals surface area contributed by atoms with E-state index < -0.39 is 28.8 Å². The number of nitrogens with one attached hydrogen (secondary N) is 1. The van der Waals surface area contributed by atoms with E-state index in [2.05, 4.69) is 15.6 Å². The van der Waals surface area contributed by atoms with Gasteiger partial charge in [-0.1, -0.05) is 28.4 Å². The van der Waals surface area contributed by atoms with Crippen LogP contribution >= 0.6 is 23.2 Å². The van der Waals surface area contributed by atoms with Crippen LogP contribution in [0.25, 0.3) is 5.69 Å². The first-order valence-corrected chi connectivity index (χ1v) is 8.03. The zero-order valence-corrected chi connectivity index (χ0v) is 14.1. The first kappa shape index (κ1) is 17.4. The average Bonchev–Trinajstić information content (AvgIpc) is 3.22. The molecule has 1 N–H and O–H groups in total. The first-order chi connectivity index (χ1) is 12.0. The highest BCUT2D eigenvalue weighted by Crippen LogP contribution is 2.25. The normalized spacial score (nSPS) is 17.0. The highest BCUT2D eigenvalue weighted by Gasteiger charge is 2.33. The Morgan fingerprint density at radius 1 is 1.48 bits per heavy atom. The number of cyclic esters (lactones) is 1. The topological polar surface area (TPSA) is 89.4 Å². The maximum absolute atomic E-state index is 14.3. The fourth-order valence-electron chi connectivity index (χ4n) is 2.32. The van der Waals surface area contributed by atoms with Crippen molar-refractivity contribution in [1.82, 2.24) is 20.3 Å². The van der Waals surface area contributed by atoms with Gasteiger partial charge in [-0.2, -0.15) is 0 Å². The Morgan fingerprint density at radius 2 is 2.28 bits per heavy atom. The predicted octanol–water partition coefficient (Wildman–Crippen LogP) is 1.65. The molecule has 0 saturated carbocycles. The van der Waals surface area contributed by atoms with Gasteiger partial charge in [0.2, 0.25) is 0 Å². The summed E-state index contributed by atoms with van der Waals surface area (Å²) in [5, 5.41) is 9.79. The minimum absolute atomic E-state index is 0.0521. The molecule has 1 saturated heterocycles. The lowest BCUT2D eigenvalue weighted by atomic mass is 10.2. The average molecular weight is 388 g/mol. The number of rotatable bonds is 5. The fourth-order valence-corrected chi connectivity index (χ4v) is 2.47. The Labute approximate surface area is 151 Å². The van der Waals surface area contributed by atoms with E-state index in [0.29, 0.717) is 5.69 Å². The van der Waals surface area contributed by atoms with Crippen LogP contribution in [-0.2, 0) is 9.53 Å². The van der Waals surface area contributed by atoms with Gasteiger partial charge in [0, 0.05) is 0 Å². The molecule has 1 atom stereocenters. The SMILES string of the molecule is O=C(NCC1CN(c2ccc(-n3ccnn3)c(F)c2)C(=O)O1)C(Cl)Cl. The van der Waals surface area contributed by atoms with Gasteiger partial charge >= 0.3 is 6.09 Å². The van der Waals surface area contributed by atoms with Crippen molar-refractivity contribution in [2.45, 2.75) is 10.9 Å². The van der Waals surface area contributed by atoms with Crippen molar-refractivity contribution in [3.8, 4) is 5.69 Å². The number of carbonyl (C=O) groups is 2. The van der Waals surface area contributed by atoms with Crippen molar-refractivity contribution in [3.05, 3.63) is 36.4 Å². The third-order valence-electron chi connectivity index (χ3n) is 3.49. The van der Waals surface area contributed by atoms with Crippen molar-refractivity contribution in [3.63, 3.8) is 0 Å². The van der Waals surface area contributed by atoms with Gasteiger partial charge in [-0.25, -0.2) is 13.9 Å². The summed E-state index contributed by atoms with van der Waals surface area (Å²) >= 11 is 10.8. The highest BCUT2D eigenvalue weighted by atomic mass is 35.5. The number of anilines is 1. The Balaban J connectivity index is 1.69. The second-order valence-corrected chi connectivity index (χ2v) is 6.24. The molecular weight excluding hydrogens is 376 g/mol. The van der Waals surface area contributed by atoms with Crippen LogP contribution in [0.15, 0.2) is 30.6 Å². The van der Waals surface area contributed by atoms with E-state index in [1.807, 2.05) is 0 Å². The van der Waals surface area contributed by atoms with Gasteiger partial charge in [-0.15, -0.1) is 5.10 Å². The second kappa shape index (κ2) is 7.24. The summed E-state index contributed by atoms with van der Waals surface area (Å²) in [6.07, 6.45) is 1.69. The van der Waals surface area contributed by atoms with Gasteiger partial charge in [0.25, 0.3) is 5.91 Å². The standard InChI is InChI=1S/C14H12Cl2FN5O3/c15-12(16)13(23)18-6-9-7-21(14(24)25-9)8-1-2-11(10(17)5-8)22-4-3-19-20-22/h1-5,9,12H,6-7H2,(H,18,23). The molecule has 1 fully saturated rings. The summed E-state index contributed by atoms with van der Waals surface area (Å²) in [5.41, 5.74) is 0.528. The molecule has 3 rings (SSSR count). The molecule has 132 valence electrons. The first-order valence-electron chi connectivity index (χ1n) is 7.16. The lowest BCUT2D eigenvalue weighted by Gasteiger charge is -2.14. The zero-order chi connectivity index (χ0) is 18.0. The highest BCUT2D eigenvalue weighted by molar-refractivity contribution is 6.53. The van der Waals surface area contributed by atoms with E-state index in [9.17, 15) is 14.0 Å². The van der Waals surface area contributed by atoms with Crippen LogP contribution in [0.1, 0.15) is 0 Å². The summed E-state index contributed by atoms with van der Waals surface area (Å²) in [6.45, 7) is 0.201. The van der Waals surface area contributed by atoms with Gasteiger partial charge in [0.15, 0.2) is 10.7 Å². The minimum atomic E-state index is -1.20. The third kappa shape index (κ3) is 3.83. The fraction of sp³-hybridized carbons (Fsp3) is 0.286. The quantitative estimate of drug-likeness (QED) is 0.787. The maximum atomic E-state index is 14.3. The molecule has 1 unspecified atom stereocenters. The summed E-state index contributed by atoms with van der Waals surface area (Å²) in [6, 6.07) is 4.25. The molecule has 2 aromatic rings. The van der Waals surface area contributed by atoms with Crippen molar-refractivity contribution in [2.24, 2.45) is 0 Å². The van der Waals surface area contributed by atoms with Crippen LogP contribution in [0, 0.1) is 5.82 Å². The van der Waals surface area contributed by atoms with Crippen LogP contribution in [-0.4, -0.2) is 51.0 Å². The molecule has 0 bridgehead atoms. The lowest BCUT2D eigenvalue weighted by molar-refractivity contribution is -0.119. The summed E-state index contributed by atoms with van der Waals surface area (Å²) < 4.78 is 20.7. The smallest absolute Gasteiger partial charge is 0.414 e. The number of nitrogens with zero attached hydrogens (tertiary/aromatic N) is 4. The molecule has 0 aliphatic carbocycles. The molecule has 1 aliphatic heterocycles. The number of aromatic nitrogens is 3. The molecular formula is C14H12Cl2FN5O3. The van der Waals surface area contributed by atoms with Crippen molar-refractivity contribution in [1.29, 1.82) is 0 Å². The number of carbonyl (C=O) groups excluding carboxylic acids is 2. The van der Waals surface area contributed by atoms with E-state index in [1.165, 1.54) is 34.1 Å². The van der Waals surface area contributed by atoms with Crippen molar-refractivity contribution < 1.29 is 18.7 Å². The molecule has 8 nitrogen and oxygen atoms in total. The molecule has 11 heteroatoms. The van der Waals surface area contributed by atoms with Gasteiger partial charge < -0.3 is 10.1 Å². The molecule has 1 aromatic heterocycles. The van der Waals surface area contributed by atoms with Gasteiger partial charge in [-0.3, -0.25) is 9.69 Å². The van der Waals surface area contributed by atoms with E-state index in [-0.39, 0.29) is 18.8 Å². The Hall–Kier alpha value is -2.39. The molecule has 0 spiro atoms. The number of alkyl halides is 2. The van der Waals surface area contributed by atoms with E-state index >= 15 is 0 Å². The molecule has 1 aliphatic rings. The Bertz CT molecular complexity index is 787. The van der Waals surface area contributed by atoms with Crippen LogP contribution < -0.4 is 10.2 Å². The van der Waals surface area contributed by atoms with Crippen LogP contribution in [0.5, 0.6) is 0 Å². The number of benzene rings is 1. The van der Waals surface area contributed by atoms with E-state index in [1.54, 1.807) is 6.07 Å². The number of halogens is 3. The summed E-state index contributed by atoms with van der Waals surface area (Å²) in [7, 11) is 0. The van der Waals surface area contributed by atoms with Gasteiger partial charge in [0.1, 0.15) is 11.8 Å². The Kier molecular flexibility index (Phi) is 5.05. The number of ether oxygens (including phenoxy) is 1. The predicted molar refractivity (Wildman–Crippen MR) is 87.4 cm³/mol. The molecule has 0 radical (unpaired) electrons. The zero-order valence-electron chi connectivity index (χ0n) is 12.6. The Morgan fingerprint density at radius 3 is 2.92 bits per heavy atom. The molecule has 2 heterocycles. The van der Waals surface area contributed by atoms with E-state index in [0.717, 1.165) is 0 Å². The van der Waals surface area contributed by atoms with Crippen molar-refractivity contribution >= 4 is 40.9 Å². The van der Waals surface area contributed by atoms with Gasteiger partial charge in [-0.05, 0) is 18.2 Å².